The number of rotatable bonds is 7. The van der Waals surface area contributed by atoms with Crippen LogP contribution in [0.4, 0.5) is 0 Å². The minimum atomic E-state index is -0.301. The SMILES string of the molecule is COc1cc(C(=O)c2cnc([As]c3ccccc3)[nH]2)cc(OC)c1OC. The van der Waals surface area contributed by atoms with Gasteiger partial charge in [-0.25, -0.2) is 0 Å². The summed E-state index contributed by atoms with van der Waals surface area (Å²) in [7, 11) is 4.56. The molecule has 1 aromatic heterocycles. The molecular formula is C19H18AsN2O4. The number of hydrogen-bond donors (Lipinski definition) is 1. The number of methoxy groups -OCH3 is 3. The summed E-state index contributed by atoms with van der Waals surface area (Å²) in [4.78, 5) is 20.3. The van der Waals surface area contributed by atoms with E-state index in [0.717, 1.165) is 4.61 Å². The third kappa shape index (κ3) is 3.75. The minimum absolute atomic E-state index is 0.183. The van der Waals surface area contributed by atoms with Crippen molar-refractivity contribution in [1.29, 1.82) is 0 Å². The van der Waals surface area contributed by atoms with Gasteiger partial charge in [-0.3, -0.25) is 0 Å². The zero-order valence-electron chi connectivity index (χ0n) is 14.6. The van der Waals surface area contributed by atoms with Gasteiger partial charge in [0, 0.05) is 0 Å². The van der Waals surface area contributed by atoms with Gasteiger partial charge in [0.05, 0.1) is 0 Å². The number of carbonyl (C=O) groups excluding carboxylic acids is 1. The third-order valence-corrected chi connectivity index (χ3v) is 5.81. The second-order valence-corrected chi connectivity index (χ2v) is 7.75. The zero-order chi connectivity index (χ0) is 18.5. The molecule has 133 valence electrons. The molecule has 2 aromatic carbocycles. The molecule has 0 unspecified atom stereocenters. The van der Waals surface area contributed by atoms with Gasteiger partial charge >= 0.3 is 158 Å². The summed E-state index contributed by atoms with van der Waals surface area (Å²) in [5.41, 5.74) is 0.867. The molecule has 0 aliphatic heterocycles. The van der Waals surface area contributed by atoms with Gasteiger partial charge in [0.15, 0.2) is 0 Å². The molecule has 0 atom stereocenters. The Labute approximate surface area is 158 Å². The van der Waals surface area contributed by atoms with Crippen LogP contribution in [-0.2, 0) is 0 Å². The number of aromatic nitrogens is 2. The van der Waals surface area contributed by atoms with Crippen molar-refractivity contribution in [2.45, 2.75) is 0 Å². The monoisotopic (exact) mass is 413 g/mol. The van der Waals surface area contributed by atoms with Crippen molar-refractivity contribution in [2.24, 2.45) is 0 Å². The summed E-state index contributed by atoms with van der Waals surface area (Å²) < 4.78 is 17.9. The van der Waals surface area contributed by atoms with Gasteiger partial charge in [0.25, 0.3) is 0 Å². The van der Waals surface area contributed by atoms with E-state index >= 15 is 0 Å². The van der Waals surface area contributed by atoms with Crippen LogP contribution in [0.1, 0.15) is 16.1 Å². The molecule has 0 aliphatic carbocycles. The van der Waals surface area contributed by atoms with E-state index in [1.165, 1.54) is 25.7 Å². The van der Waals surface area contributed by atoms with E-state index in [2.05, 4.69) is 22.1 Å². The molecule has 6 nitrogen and oxygen atoms in total. The number of hydrogen-bond acceptors (Lipinski definition) is 5. The van der Waals surface area contributed by atoms with Crippen molar-refractivity contribution in [3.05, 3.63) is 59.9 Å². The van der Waals surface area contributed by atoms with Gasteiger partial charge in [-0.2, -0.15) is 0 Å². The van der Waals surface area contributed by atoms with Crippen LogP contribution in [0.3, 0.4) is 0 Å². The average molecular weight is 413 g/mol. The Bertz CT molecular complexity index is 884. The Morgan fingerprint density at radius 1 is 1.00 bits per heavy atom. The Hall–Kier alpha value is -2.72. The first-order valence-electron chi connectivity index (χ1n) is 7.82. The second kappa shape index (κ2) is 8.10. The van der Waals surface area contributed by atoms with Crippen LogP contribution in [0, 0.1) is 0 Å². The maximum atomic E-state index is 12.8. The van der Waals surface area contributed by atoms with E-state index in [1.807, 2.05) is 18.2 Å². The number of benzene rings is 2. The van der Waals surface area contributed by atoms with E-state index in [-0.39, 0.29) is 21.5 Å². The fourth-order valence-electron chi connectivity index (χ4n) is 2.48. The molecule has 0 saturated carbocycles. The quantitative estimate of drug-likeness (QED) is 0.467. The van der Waals surface area contributed by atoms with Crippen molar-refractivity contribution in [3.8, 4) is 17.2 Å². The predicted octanol–water partition coefficient (Wildman–Crippen LogP) is 1.32. The van der Waals surface area contributed by atoms with E-state index in [4.69, 9.17) is 14.2 Å². The molecule has 3 rings (SSSR count). The molecule has 1 N–H and O–H groups in total. The molecule has 0 bridgehead atoms. The van der Waals surface area contributed by atoms with Crippen LogP contribution in [0.15, 0.2) is 48.7 Å². The fourth-order valence-corrected chi connectivity index (χ4v) is 4.27. The van der Waals surface area contributed by atoms with Crippen LogP contribution in [0.2, 0.25) is 0 Å². The first-order chi connectivity index (χ1) is 12.7. The number of carbonyl (C=O) groups is 1. The molecule has 7 heteroatoms. The Morgan fingerprint density at radius 3 is 2.23 bits per heavy atom. The first kappa shape index (κ1) is 18.1. The number of H-pyrrole nitrogens is 1. The maximum absolute atomic E-state index is 12.8. The van der Waals surface area contributed by atoms with Gasteiger partial charge in [-0.1, -0.05) is 0 Å². The topological polar surface area (TPSA) is 73.4 Å². The summed E-state index contributed by atoms with van der Waals surface area (Å²) in [5, 5.41) is 0. The van der Waals surface area contributed by atoms with Crippen LogP contribution in [-0.4, -0.2) is 52.8 Å². The summed E-state index contributed by atoms with van der Waals surface area (Å²) in [6.07, 6.45) is 1.57. The van der Waals surface area contributed by atoms with Crippen LogP contribution >= 0.6 is 0 Å². The molecule has 0 amide bonds. The fraction of sp³-hybridized carbons (Fsp3) is 0.158. The molecule has 0 aliphatic rings. The summed E-state index contributed by atoms with van der Waals surface area (Å²) in [5.74, 6) is 1.14. The van der Waals surface area contributed by atoms with Crippen LogP contribution < -0.4 is 23.2 Å². The molecular weight excluding hydrogens is 395 g/mol. The van der Waals surface area contributed by atoms with Gasteiger partial charge in [-0.15, -0.1) is 0 Å². The van der Waals surface area contributed by atoms with E-state index < -0.39 is 0 Å². The third-order valence-electron chi connectivity index (χ3n) is 3.73. The number of imidazole rings is 1. The predicted molar refractivity (Wildman–Crippen MR) is 99.6 cm³/mol. The number of aromatic amines is 1. The molecule has 0 fully saturated rings. The van der Waals surface area contributed by atoms with Gasteiger partial charge in [0.2, 0.25) is 0 Å². The standard InChI is InChI=1S/C19H18AsN2O4/c1-24-15-9-12(10-16(25-2)18(15)26-3)17(23)14-11-21-19(22-14)20-13-7-5-4-6-8-13/h4-11H,1-3H3,(H,21,22). The molecule has 3 aromatic rings. The first-order valence-corrected chi connectivity index (χ1v) is 9.70. The van der Waals surface area contributed by atoms with Crippen molar-refractivity contribution in [1.82, 2.24) is 9.97 Å². The van der Waals surface area contributed by atoms with Crippen LogP contribution in [0.5, 0.6) is 17.2 Å². The van der Waals surface area contributed by atoms with Crippen molar-refractivity contribution >= 4 is 30.5 Å². The number of ketones is 1. The van der Waals surface area contributed by atoms with E-state index in [1.54, 1.807) is 18.3 Å². The Morgan fingerprint density at radius 2 is 1.65 bits per heavy atom. The number of ether oxygens (including phenoxy) is 3. The Balaban J connectivity index is 1.88. The number of nitrogens with one attached hydrogen (secondary N) is 1. The van der Waals surface area contributed by atoms with Crippen molar-refractivity contribution in [2.75, 3.05) is 21.3 Å². The van der Waals surface area contributed by atoms with Crippen molar-refractivity contribution < 1.29 is 19.0 Å². The summed E-state index contributed by atoms with van der Waals surface area (Å²) >= 11 is -0.301. The molecule has 1 heterocycles. The van der Waals surface area contributed by atoms with E-state index in [0.29, 0.717) is 28.5 Å². The molecule has 0 saturated heterocycles. The Kier molecular flexibility index (Phi) is 5.64. The normalized spacial score (nSPS) is 10.9. The number of nitrogens with zero attached hydrogens (tertiary/aromatic N) is 1. The van der Waals surface area contributed by atoms with E-state index in [9.17, 15) is 4.79 Å². The van der Waals surface area contributed by atoms with Crippen molar-refractivity contribution in [3.63, 3.8) is 0 Å². The second-order valence-electron chi connectivity index (χ2n) is 5.31. The molecule has 26 heavy (non-hydrogen) atoms. The van der Waals surface area contributed by atoms with Gasteiger partial charge in [-0.05, 0) is 0 Å². The molecule has 0 spiro atoms. The molecule has 1 radical (unpaired) electrons. The summed E-state index contributed by atoms with van der Waals surface area (Å²) in [6.45, 7) is 0. The zero-order valence-corrected chi connectivity index (χ0v) is 16.5. The van der Waals surface area contributed by atoms with Gasteiger partial charge < -0.3 is 0 Å². The van der Waals surface area contributed by atoms with Gasteiger partial charge in [0.1, 0.15) is 0 Å². The average Bonchev–Trinajstić information content (AvgIpc) is 3.15. The summed E-state index contributed by atoms with van der Waals surface area (Å²) in [6, 6.07) is 13.4. The van der Waals surface area contributed by atoms with Crippen LogP contribution in [0.25, 0.3) is 0 Å².